The highest BCUT2D eigenvalue weighted by atomic mass is 32.1. The molecule has 1 aliphatic carbocycles. The lowest BCUT2D eigenvalue weighted by atomic mass is 9.72. The third kappa shape index (κ3) is 6.07. The molecular weight excluding hydrogens is 486 g/mol. The fourth-order valence-electron chi connectivity index (χ4n) is 5.64. The van der Waals surface area contributed by atoms with Crippen LogP contribution in [0.5, 0.6) is 0 Å². The van der Waals surface area contributed by atoms with E-state index in [4.69, 9.17) is 5.73 Å². The summed E-state index contributed by atoms with van der Waals surface area (Å²) < 4.78 is 0. The lowest BCUT2D eigenvalue weighted by Crippen LogP contribution is -2.55. The molecular formula is C27H35N7O2S. The van der Waals surface area contributed by atoms with Crippen molar-refractivity contribution in [2.45, 2.75) is 69.9 Å². The van der Waals surface area contributed by atoms with Crippen LogP contribution in [0.25, 0.3) is 11.4 Å². The van der Waals surface area contributed by atoms with Crippen LogP contribution < -0.4 is 11.1 Å². The smallest absolute Gasteiger partial charge is 0.239 e. The van der Waals surface area contributed by atoms with Gasteiger partial charge in [0.25, 0.3) is 0 Å². The van der Waals surface area contributed by atoms with Crippen molar-refractivity contribution in [3.63, 3.8) is 0 Å². The molecule has 1 saturated carbocycles. The molecule has 1 aliphatic heterocycles. The fraction of sp³-hybridized carbons (Fsp3) is 0.519. The number of nitrogens with two attached hydrogens (primary N) is 1. The lowest BCUT2D eigenvalue weighted by molar-refractivity contribution is -0.141. The third-order valence-corrected chi connectivity index (χ3v) is 8.77. The molecule has 2 aliphatic rings. The predicted octanol–water partition coefficient (Wildman–Crippen LogP) is 3.10. The fourth-order valence-corrected chi connectivity index (χ4v) is 6.40. The second-order valence-corrected chi connectivity index (χ2v) is 11.4. The number of nitrogens with zero attached hydrogens (tertiary/aromatic N) is 4. The highest BCUT2D eigenvalue weighted by Gasteiger charge is 2.43. The second kappa shape index (κ2) is 11.5. The van der Waals surface area contributed by atoms with Gasteiger partial charge in [-0.25, -0.2) is 0 Å². The number of H-pyrrole nitrogens is 1. The van der Waals surface area contributed by atoms with E-state index in [-0.39, 0.29) is 17.9 Å². The zero-order chi connectivity index (χ0) is 25.7. The number of hydrogen-bond acceptors (Lipinski definition) is 7. The average molecular weight is 522 g/mol. The van der Waals surface area contributed by atoms with Crippen molar-refractivity contribution in [1.29, 1.82) is 0 Å². The molecule has 2 fully saturated rings. The quantitative estimate of drug-likeness (QED) is 0.418. The molecule has 10 heteroatoms. The van der Waals surface area contributed by atoms with Gasteiger partial charge in [0.1, 0.15) is 0 Å². The number of benzene rings is 1. The van der Waals surface area contributed by atoms with Crippen molar-refractivity contribution in [1.82, 2.24) is 30.8 Å². The van der Waals surface area contributed by atoms with Crippen molar-refractivity contribution in [2.75, 3.05) is 13.1 Å². The largest absolute Gasteiger partial charge is 0.353 e. The van der Waals surface area contributed by atoms with E-state index in [0.717, 1.165) is 28.8 Å². The molecule has 0 unspecified atom stereocenters. The van der Waals surface area contributed by atoms with Gasteiger partial charge in [-0.05, 0) is 54.3 Å². The summed E-state index contributed by atoms with van der Waals surface area (Å²) in [7, 11) is 0. The maximum absolute atomic E-state index is 13.8. The van der Waals surface area contributed by atoms with E-state index in [1.807, 2.05) is 46.7 Å². The number of thiophene rings is 1. The molecule has 3 aromatic rings. The summed E-state index contributed by atoms with van der Waals surface area (Å²) in [4.78, 5) is 29.9. The molecule has 37 heavy (non-hydrogen) atoms. The minimum Gasteiger partial charge on any atom is -0.353 e. The van der Waals surface area contributed by atoms with Gasteiger partial charge in [0.05, 0.1) is 11.5 Å². The molecule has 1 atom stereocenters. The first-order chi connectivity index (χ1) is 18.0. The molecule has 4 N–H and O–H groups in total. The minimum atomic E-state index is -0.556. The first-order valence-electron chi connectivity index (χ1n) is 13.2. The van der Waals surface area contributed by atoms with Crippen LogP contribution in [-0.2, 0) is 22.4 Å². The van der Waals surface area contributed by atoms with Gasteiger partial charge in [-0.2, -0.15) is 5.21 Å². The van der Waals surface area contributed by atoms with E-state index < -0.39 is 11.5 Å². The molecule has 3 heterocycles. The Hall–Kier alpha value is -3.11. The van der Waals surface area contributed by atoms with Crippen molar-refractivity contribution >= 4 is 23.2 Å². The molecule has 2 aromatic heterocycles. The number of carbonyl (C=O) groups excluding carboxylic acids is 2. The number of aromatic nitrogens is 4. The van der Waals surface area contributed by atoms with Gasteiger partial charge in [-0.1, -0.05) is 49.6 Å². The number of tetrazole rings is 1. The number of piperidine rings is 1. The molecule has 2 amide bonds. The Labute approximate surface area is 221 Å². The molecule has 1 saturated heterocycles. The maximum Gasteiger partial charge on any atom is 0.239 e. The van der Waals surface area contributed by atoms with Crippen molar-refractivity contribution in [2.24, 2.45) is 11.1 Å². The van der Waals surface area contributed by atoms with Gasteiger partial charge in [0.2, 0.25) is 17.6 Å². The van der Waals surface area contributed by atoms with Gasteiger partial charge in [0.15, 0.2) is 0 Å². The summed E-state index contributed by atoms with van der Waals surface area (Å²) in [5, 5.41) is 19.6. The van der Waals surface area contributed by atoms with Gasteiger partial charge in [-0.15, -0.1) is 21.5 Å². The summed E-state index contributed by atoms with van der Waals surface area (Å²) >= 11 is 1.62. The van der Waals surface area contributed by atoms with Crippen LogP contribution in [0.4, 0.5) is 0 Å². The van der Waals surface area contributed by atoms with Gasteiger partial charge < -0.3 is 16.0 Å². The lowest BCUT2D eigenvalue weighted by Gasteiger charge is -2.42. The van der Waals surface area contributed by atoms with Crippen LogP contribution in [0, 0.1) is 5.41 Å². The Kier molecular flexibility index (Phi) is 7.95. The van der Waals surface area contributed by atoms with E-state index in [1.165, 1.54) is 19.3 Å². The van der Waals surface area contributed by atoms with E-state index >= 15 is 0 Å². The maximum atomic E-state index is 13.8. The molecule has 9 nitrogen and oxygen atoms in total. The molecule has 0 spiro atoms. The topological polar surface area (TPSA) is 130 Å². The van der Waals surface area contributed by atoms with Crippen LogP contribution in [0.1, 0.15) is 55.4 Å². The Morgan fingerprint density at radius 2 is 1.89 bits per heavy atom. The monoisotopic (exact) mass is 521 g/mol. The molecule has 196 valence electrons. The Bertz CT molecular complexity index is 1150. The number of nitrogens with one attached hydrogen (secondary N) is 2. The summed E-state index contributed by atoms with van der Waals surface area (Å²) in [6.07, 6.45) is 8.08. The summed E-state index contributed by atoms with van der Waals surface area (Å²) in [6.45, 7) is 1.08. The van der Waals surface area contributed by atoms with Crippen molar-refractivity contribution < 1.29 is 9.59 Å². The molecule has 1 aromatic carbocycles. The Balaban J connectivity index is 1.28. The van der Waals surface area contributed by atoms with E-state index in [9.17, 15) is 9.59 Å². The normalized spacial score (nSPS) is 18.9. The van der Waals surface area contributed by atoms with Gasteiger partial charge >= 0.3 is 0 Å². The number of hydrogen-bond donors (Lipinski definition) is 3. The highest BCUT2D eigenvalue weighted by molar-refractivity contribution is 7.09. The number of rotatable bonds is 8. The SMILES string of the molecule is N[C@@H](Cc1cccs1)C(=O)N1CCC(Cc2ccc(-c3nn[nH]n3)cc2)(C(=O)NC2CCCCC2)CC1. The second-order valence-electron chi connectivity index (χ2n) is 10.4. The third-order valence-electron chi connectivity index (χ3n) is 7.87. The molecule has 5 rings (SSSR count). The zero-order valence-corrected chi connectivity index (χ0v) is 21.9. The Morgan fingerprint density at radius 1 is 1.14 bits per heavy atom. The van der Waals surface area contributed by atoms with Crippen LogP contribution >= 0.6 is 11.3 Å². The summed E-state index contributed by atoms with van der Waals surface area (Å²) in [5.74, 6) is 0.637. The van der Waals surface area contributed by atoms with E-state index in [0.29, 0.717) is 44.6 Å². The Morgan fingerprint density at radius 3 is 2.54 bits per heavy atom. The number of aromatic amines is 1. The van der Waals surface area contributed by atoms with Crippen LogP contribution in [0.2, 0.25) is 0 Å². The first kappa shape index (κ1) is 25.5. The number of carbonyl (C=O) groups is 2. The average Bonchev–Trinajstić information content (AvgIpc) is 3.65. The first-order valence-corrected chi connectivity index (χ1v) is 14.1. The van der Waals surface area contributed by atoms with E-state index in [1.54, 1.807) is 11.3 Å². The van der Waals surface area contributed by atoms with Gasteiger partial charge in [0, 0.05) is 36.0 Å². The zero-order valence-electron chi connectivity index (χ0n) is 21.1. The van der Waals surface area contributed by atoms with Crippen molar-refractivity contribution in [3.8, 4) is 11.4 Å². The van der Waals surface area contributed by atoms with Crippen LogP contribution in [0.15, 0.2) is 41.8 Å². The molecule has 0 radical (unpaired) electrons. The van der Waals surface area contributed by atoms with Gasteiger partial charge in [-0.3, -0.25) is 9.59 Å². The van der Waals surface area contributed by atoms with E-state index in [2.05, 4.69) is 25.9 Å². The van der Waals surface area contributed by atoms with Crippen LogP contribution in [-0.4, -0.2) is 62.5 Å². The van der Waals surface area contributed by atoms with Crippen LogP contribution in [0.3, 0.4) is 0 Å². The number of amides is 2. The number of likely N-dealkylation sites (tertiary alicyclic amines) is 1. The molecule has 0 bridgehead atoms. The summed E-state index contributed by atoms with van der Waals surface area (Å²) in [6, 6.07) is 11.7. The summed E-state index contributed by atoms with van der Waals surface area (Å²) in [5.41, 5.74) is 7.69. The minimum absolute atomic E-state index is 0.0286. The standard InChI is InChI=1S/C27H35N7O2S/c28-23(17-22-7-4-16-37-22)25(35)34-14-12-27(13-15-34,26(36)29-21-5-2-1-3-6-21)18-19-8-10-20(11-9-19)24-30-32-33-31-24/h4,7-11,16,21,23H,1-3,5-6,12-15,17-18,28H2,(H,29,36)(H,30,31,32,33)/t23-/m0/s1. The highest BCUT2D eigenvalue weighted by Crippen LogP contribution is 2.37. The van der Waals surface area contributed by atoms with Crippen molar-refractivity contribution in [3.05, 3.63) is 52.2 Å². The predicted molar refractivity (Wildman–Crippen MR) is 143 cm³/mol.